The Labute approximate surface area is 117 Å². The van der Waals surface area contributed by atoms with Crippen molar-refractivity contribution in [3.05, 3.63) is 46.4 Å². The smallest absolute Gasteiger partial charge is 0.153 e. The van der Waals surface area contributed by atoms with Gasteiger partial charge in [0.2, 0.25) is 0 Å². The molecular formula is C13H10BrN3S. The number of hydrogen-bond acceptors (Lipinski definition) is 4. The van der Waals surface area contributed by atoms with E-state index < -0.39 is 0 Å². The van der Waals surface area contributed by atoms with E-state index in [0.717, 1.165) is 10.2 Å². The minimum absolute atomic E-state index is 0.620. The van der Waals surface area contributed by atoms with Gasteiger partial charge in [0.1, 0.15) is 0 Å². The van der Waals surface area contributed by atoms with Gasteiger partial charge in [0.05, 0.1) is 5.69 Å². The molecule has 90 valence electrons. The molecule has 0 spiro atoms. The number of pyridine rings is 1. The van der Waals surface area contributed by atoms with Gasteiger partial charge in [0, 0.05) is 21.1 Å². The van der Waals surface area contributed by atoms with Crippen LogP contribution in [0, 0.1) is 0 Å². The van der Waals surface area contributed by atoms with Crippen molar-refractivity contribution in [3.63, 3.8) is 0 Å². The molecule has 0 fully saturated rings. The molecule has 0 aliphatic heterocycles. The number of rotatable bonds is 2. The van der Waals surface area contributed by atoms with E-state index in [1.165, 1.54) is 10.1 Å². The first-order valence-corrected chi connectivity index (χ1v) is 7.05. The zero-order chi connectivity index (χ0) is 12.5. The highest BCUT2D eigenvalue weighted by atomic mass is 79.9. The van der Waals surface area contributed by atoms with Crippen LogP contribution in [-0.4, -0.2) is 4.98 Å². The van der Waals surface area contributed by atoms with Crippen molar-refractivity contribution in [2.24, 2.45) is 0 Å². The maximum atomic E-state index is 5.91. The number of halogens is 1. The van der Waals surface area contributed by atoms with Gasteiger partial charge in [-0.15, -0.1) is 11.3 Å². The lowest BCUT2D eigenvalue weighted by molar-refractivity contribution is 1.30. The van der Waals surface area contributed by atoms with Crippen molar-refractivity contribution in [1.29, 1.82) is 0 Å². The van der Waals surface area contributed by atoms with Crippen molar-refractivity contribution in [2.75, 3.05) is 11.1 Å². The summed E-state index contributed by atoms with van der Waals surface area (Å²) < 4.78 is 2.15. The number of nitrogens with zero attached hydrogens (tertiary/aromatic N) is 1. The fourth-order valence-electron chi connectivity index (χ4n) is 1.74. The second-order valence-electron chi connectivity index (χ2n) is 3.89. The normalized spacial score (nSPS) is 10.7. The monoisotopic (exact) mass is 319 g/mol. The predicted molar refractivity (Wildman–Crippen MR) is 81.5 cm³/mol. The highest BCUT2D eigenvalue weighted by molar-refractivity contribution is 9.10. The van der Waals surface area contributed by atoms with Gasteiger partial charge in [-0.25, -0.2) is 4.98 Å². The number of benzene rings is 1. The van der Waals surface area contributed by atoms with Gasteiger partial charge in [-0.2, -0.15) is 0 Å². The number of nitrogens with two attached hydrogens (primary N) is 1. The quantitative estimate of drug-likeness (QED) is 0.736. The van der Waals surface area contributed by atoms with E-state index in [0.29, 0.717) is 11.5 Å². The zero-order valence-corrected chi connectivity index (χ0v) is 11.8. The Morgan fingerprint density at radius 2 is 2.11 bits per heavy atom. The van der Waals surface area contributed by atoms with Crippen LogP contribution in [0.3, 0.4) is 0 Å². The number of anilines is 3. The summed E-state index contributed by atoms with van der Waals surface area (Å²) >= 11 is 5.07. The molecule has 3 nitrogen and oxygen atoms in total. The van der Waals surface area contributed by atoms with Gasteiger partial charge in [-0.3, -0.25) is 0 Å². The Morgan fingerprint density at radius 3 is 2.94 bits per heavy atom. The summed E-state index contributed by atoms with van der Waals surface area (Å²) in [7, 11) is 0. The molecule has 1 aromatic carbocycles. The maximum absolute atomic E-state index is 5.91. The molecule has 0 saturated heterocycles. The van der Waals surface area contributed by atoms with Crippen LogP contribution in [0.2, 0.25) is 0 Å². The third kappa shape index (κ3) is 2.19. The van der Waals surface area contributed by atoms with Gasteiger partial charge in [-0.1, -0.05) is 0 Å². The molecule has 0 saturated carbocycles. The first-order chi connectivity index (χ1) is 8.72. The topological polar surface area (TPSA) is 50.9 Å². The zero-order valence-electron chi connectivity index (χ0n) is 9.35. The number of thiophene rings is 1. The molecule has 0 bridgehead atoms. The van der Waals surface area contributed by atoms with Crippen LogP contribution < -0.4 is 11.1 Å². The highest BCUT2D eigenvalue weighted by Crippen LogP contribution is 2.27. The molecule has 5 heteroatoms. The molecule has 0 aliphatic rings. The van der Waals surface area contributed by atoms with E-state index >= 15 is 0 Å². The average molecular weight is 320 g/mol. The fourth-order valence-corrected chi connectivity index (χ4v) is 2.86. The summed E-state index contributed by atoms with van der Waals surface area (Å²) in [5, 5.41) is 6.54. The third-order valence-corrected chi connectivity index (χ3v) is 3.93. The Bertz CT molecular complexity index is 708. The summed E-state index contributed by atoms with van der Waals surface area (Å²) in [5.41, 5.74) is 7.52. The molecule has 2 heterocycles. The summed E-state index contributed by atoms with van der Waals surface area (Å²) in [6, 6.07) is 10.1. The number of aromatic nitrogens is 1. The Balaban J connectivity index is 1.95. The molecule has 2 aromatic heterocycles. The minimum Gasteiger partial charge on any atom is -0.396 e. The Morgan fingerprint density at radius 1 is 1.22 bits per heavy atom. The van der Waals surface area contributed by atoms with Crippen LogP contribution in [0.1, 0.15) is 0 Å². The Kier molecular flexibility index (Phi) is 2.93. The SMILES string of the molecule is Nc1cc(Br)cnc1Nc1ccc2sccc2c1. The van der Waals surface area contributed by atoms with Crippen LogP contribution in [-0.2, 0) is 0 Å². The van der Waals surface area contributed by atoms with Crippen molar-refractivity contribution >= 4 is 54.5 Å². The van der Waals surface area contributed by atoms with E-state index in [9.17, 15) is 0 Å². The molecule has 18 heavy (non-hydrogen) atoms. The summed E-state index contributed by atoms with van der Waals surface area (Å²) in [6.45, 7) is 0. The number of nitrogen functional groups attached to an aromatic ring is 1. The summed E-state index contributed by atoms with van der Waals surface area (Å²) in [6.07, 6.45) is 1.72. The van der Waals surface area contributed by atoms with E-state index in [2.05, 4.69) is 49.8 Å². The van der Waals surface area contributed by atoms with Gasteiger partial charge < -0.3 is 11.1 Å². The Hall–Kier alpha value is -1.59. The molecule has 0 aliphatic carbocycles. The molecule has 0 radical (unpaired) electrons. The highest BCUT2D eigenvalue weighted by Gasteiger charge is 2.03. The van der Waals surface area contributed by atoms with Crippen molar-refractivity contribution < 1.29 is 0 Å². The number of nitrogens with one attached hydrogen (secondary N) is 1. The van der Waals surface area contributed by atoms with Crippen LogP contribution in [0.15, 0.2) is 46.4 Å². The van der Waals surface area contributed by atoms with Crippen LogP contribution >= 0.6 is 27.3 Å². The molecule has 0 amide bonds. The largest absolute Gasteiger partial charge is 0.396 e. The molecule has 3 aromatic rings. The van der Waals surface area contributed by atoms with E-state index in [1.54, 1.807) is 17.5 Å². The third-order valence-electron chi connectivity index (χ3n) is 2.60. The minimum atomic E-state index is 0.620. The number of fused-ring (bicyclic) bond motifs is 1. The van der Waals surface area contributed by atoms with Crippen LogP contribution in [0.25, 0.3) is 10.1 Å². The molecule has 0 atom stereocenters. The maximum Gasteiger partial charge on any atom is 0.153 e. The first-order valence-electron chi connectivity index (χ1n) is 5.38. The molecule has 3 rings (SSSR count). The predicted octanol–water partition coefficient (Wildman–Crippen LogP) is 4.38. The van der Waals surface area contributed by atoms with Gasteiger partial charge in [0.25, 0.3) is 0 Å². The average Bonchev–Trinajstić information content (AvgIpc) is 2.80. The van der Waals surface area contributed by atoms with E-state index in [4.69, 9.17) is 5.73 Å². The first kappa shape index (κ1) is 11.5. The van der Waals surface area contributed by atoms with Crippen LogP contribution in [0.5, 0.6) is 0 Å². The van der Waals surface area contributed by atoms with Crippen molar-refractivity contribution in [2.45, 2.75) is 0 Å². The molecular weight excluding hydrogens is 310 g/mol. The lowest BCUT2D eigenvalue weighted by Gasteiger charge is -2.08. The van der Waals surface area contributed by atoms with Gasteiger partial charge in [0.15, 0.2) is 5.82 Å². The lowest BCUT2D eigenvalue weighted by Crippen LogP contribution is -1.98. The van der Waals surface area contributed by atoms with Gasteiger partial charge in [-0.05, 0) is 57.0 Å². The van der Waals surface area contributed by atoms with Crippen LogP contribution in [0.4, 0.5) is 17.2 Å². The summed E-state index contributed by atoms with van der Waals surface area (Å²) in [4.78, 5) is 4.26. The fraction of sp³-hybridized carbons (Fsp3) is 0. The van der Waals surface area contributed by atoms with Crippen molar-refractivity contribution in [1.82, 2.24) is 4.98 Å². The van der Waals surface area contributed by atoms with Crippen molar-refractivity contribution in [3.8, 4) is 0 Å². The second-order valence-corrected chi connectivity index (χ2v) is 5.75. The second kappa shape index (κ2) is 4.59. The van der Waals surface area contributed by atoms with E-state index in [-0.39, 0.29) is 0 Å². The number of hydrogen-bond donors (Lipinski definition) is 2. The lowest BCUT2D eigenvalue weighted by atomic mass is 10.2. The van der Waals surface area contributed by atoms with E-state index in [1.807, 2.05) is 12.1 Å². The van der Waals surface area contributed by atoms with Gasteiger partial charge >= 0.3 is 0 Å². The standard InChI is InChI=1S/C13H10BrN3S/c14-9-6-11(15)13(16-7-9)17-10-1-2-12-8(5-10)3-4-18-12/h1-7H,15H2,(H,16,17). The molecule has 0 unspecified atom stereocenters. The summed E-state index contributed by atoms with van der Waals surface area (Å²) in [5.74, 6) is 0.674. The molecule has 3 N–H and O–H groups in total.